The molecule has 0 bridgehead atoms. The van der Waals surface area contributed by atoms with Crippen LogP contribution in [0.1, 0.15) is 5.56 Å². The number of carbonyl (C=O) groups excluding carboxylic acids is 1. The maximum atomic E-state index is 13.3. The highest BCUT2D eigenvalue weighted by Crippen LogP contribution is 2.16. The second-order valence-corrected chi connectivity index (χ2v) is 4.25. The molecule has 2 aromatic carbocycles. The first kappa shape index (κ1) is 14.0. The second-order valence-electron chi connectivity index (χ2n) is 4.25. The van der Waals surface area contributed by atoms with Gasteiger partial charge in [0.15, 0.2) is 6.61 Å². The maximum absolute atomic E-state index is 13.3. The van der Waals surface area contributed by atoms with E-state index in [1.54, 1.807) is 19.1 Å². The van der Waals surface area contributed by atoms with E-state index in [0.29, 0.717) is 11.3 Å². The Morgan fingerprint density at radius 2 is 1.85 bits per heavy atom. The van der Waals surface area contributed by atoms with Crippen LogP contribution in [0.15, 0.2) is 42.5 Å². The molecule has 5 heteroatoms. The first-order chi connectivity index (χ1) is 9.54. The van der Waals surface area contributed by atoms with Crippen molar-refractivity contribution in [3.63, 3.8) is 0 Å². The SMILES string of the molecule is Cc1ccc(OCC(=O)Nc2ccc(F)cc2)cc1F. The number of ether oxygens (including phenoxy) is 1. The Labute approximate surface area is 115 Å². The molecule has 0 aliphatic carbocycles. The van der Waals surface area contributed by atoms with Crippen LogP contribution >= 0.6 is 0 Å². The number of benzene rings is 2. The molecule has 104 valence electrons. The predicted molar refractivity (Wildman–Crippen MR) is 71.7 cm³/mol. The number of rotatable bonds is 4. The van der Waals surface area contributed by atoms with Crippen LogP contribution in [0.5, 0.6) is 5.75 Å². The van der Waals surface area contributed by atoms with Crippen molar-refractivity contribution in [3.8, 4) is 5.75 Å². The van der Waals surface area contributed by atoms with E-state index in [4.69, 9.17) is 4.74 Å². The standard InChI is InChI=1S/C15H13F2NO2/c1-10-2-7-13(8-14(10)17)20-9-15(19)18-12-5-3-11(16)4-6-12/h2-8H,9H2,1H3,(H,18,19). The third-order valence-electron chi connectivity index (χ3n) is 2.64. The summed E-state index contributed by atoms with van der Waals surface area (Å²) in [5, 5.41) is 2.54. The number of amides is 1. The van der Waals surface area contributed by atoms with E-state index < -0.39 is 5.91 Å². The first-order valence-corrected chi connectivity index (χ1v) is 5.99. The lowest BCUT2D eigenvalue weighted by molar-refractivity contribution is -0.118. The van der Waals surface area contributed by atoms with Crippen LogP contribution in [-0.2, 0) is 4.79 Å². The molecule has 0 radical (unpaired) electrons. The van der Waals surface area contributed by atoms with E-state index in [0.717, 1.165) is 0 Å². The van der Waals surface area contributed by atoms with E-state index in [-0.39, 0.29) is 24.0 Å². The number of aryl methyl sites for hydroxylation is 1. The Balaban J connectivity index is 1.88. The van der Waals surface area contributed by atoms with E-state index in [9.17, 15) is 13.6 Å². The van der Waals surface area contributed by atoms with Gasteiger partial charge >= 0.3 is 0 Å². The molecule has 0 spiro atoms. The number of carbonyl (C=O) groups is 1. The molecule has 20 heavy (non-hydrogen) atoms. The van der Waals surface area contributed by atoms with Crippen LogP contribution in [0, 0.1) is 18.6 Å². The second kappa shape index (κ2) is 6.14. The summed E-state index contributed by atoms with van der Waals surface area (Å²) in [7, 11) is 0. The van der Waals surface area contributed by atoms with E-state index in [1.165, 1.54) is 30.3 Å². The van der Waals surface area contributed by atoms with Gasteiger partial charge < -0.3 is 10.1 Å². The van der Waals surface area contributed by atoms with Gasteiger partial charge in [-0.3, -0.25) is 4.79 Å². The van der Waals surface area contributed by atoms with Crippen LogP contribution in [0.2, 0.25) is 0 Å². The summed E-state index contributed by atoms with van der Waals surface area (Å²) in [5.41, 5.74) is 0.975. The van der Waals surface area contributed by atoms with Crippen molar-refractivity contribution in [3.05, 3.63) is 59.7 Å². The molecule has 0 unspecified atom stereocenters. The van der Waals surface area contributed by atoms with Gasteiger partial charge in [-0.15, -0.1) is 0 Å². The van der Waals surface area contributed by atoms with Gasteiger partial charge in [0.25, 0.3) is 5.91 Å². The average Bonchev–Trinajstić information content (AvgIpc) is 2.43. The highest BCUT2D eigenvalue weighted by Gasteiger charge is 2.05. The van der Waals surface area contributed by atoms with E-state index >= 15 is 0 Å². The Kier molecular flexibility index (Phi) is 4.30. The van der Waals surface area contributed by atoms with Gasteiger partial charge in [0, 0.05) is 11.8 Å². The fraction of sp³-hybridized carbons (Fsp3) is 0.133. The zero-order valence-electron chi connectivity index (χ0n) is 10.8. The molecule has 1 N–H and O–H groups in total. The number of nitrogens with one attached hydrogen (secondary N) is 1. The Hall–Kier alpha value is -2.43. The summed E-state index contributed by atoms with van der Waals surface area (Å²) in [6, 6.07) is 9.75. The van der Waals surface area contributed by atoms with Gasteiger partial charge in [0.05, 0.1) is 0 Å². The molecule has 0 saturated heterocycles. The largest absolute Gasteiger partial charge is 0.484 e. The molecule has 0 aliphatic rings. The Morgan fingerprint density at radius 1 is 1.15 bits per heavy atom. The summed E-state index contributed by atoms with van der Waals surface area (Å²) in [6.45, 7) is 1.39. The van der Waals surface area contributed by atoms with Gasteiger partial charge in [0.1, 0.15) is 17.4 Å². The summed E-state index contributed by atoms with van der Waals surface area (Å²) in [6.07, 6.45) is 0. The Bertz CT molecular complexity index is 612. The van der Waals surface area contributed by atoms with Crippen LogP contribution in [0.3, 0.4) is 0 Å². The summed E-state index contributed by atoms with van der Waals surface area (Å²) < 4.78 is 31.1. The van der Waals surface area contributed by atoms with Crippen molar-refractivity contribution >= 4 is 11.6 Å². The molecule has 3 nitrogen and oxygen atoms in total. The van der Waals surface area contributed by atoms with Crippen LogP contribution in [0.25, 0.3) is 0 Å². The molecule has 0 aromatic heterocycles. The lowest BCUT2D eigenvalue weighted by Gasteiger charge is -2.08. The van der Waals surface area contributed by atoms with Crippen molar-refractivity contribution in [1.82, 2.24) is 0 Å². The Morgan fingerprint density at radius 3 is 2.50 bits per heavy atom. The highest BCUT2D eigenvalue weighted by atomic mass is 19.1. The van der Waals surface area contributed by atoms with Crippen molar-refractivity contribution in [2.45, 2.75) is 6.92 Å². The lowest BCUT2D eigenvalue weighted by atomic mass is 10.2. The zero-order chi connectivity index (χ0) is 14.5. The van der Waals surface area contributed by atoms with Gasteiger partial charge in [-0.25, -0.2) is 8.78 Å². The third-order valence-corrected chi connectivity index (χ3v) is 2.64. The van der Waals surface area contributed by atoms with Gasteiger partial charge in [-0.05, 0) is 42.8 Å². The van der Waals surface area contributed by atoms with Crippen molar-refractivity contribution in [2.24, 2.45) is 0 Å². The molecule has 0 fully saturated rings. The molecule has 0 saturated carbocycles. The van der Waals surface area contributed by atoms with E-state index in [2.05, 4.69) is 5.32 Å². The fourth-order valence-electron chi connectivity index (χ4n) is 1.54. The molecule has 0 heterocycles. The molecule has 1 amide bonds. The molecule has 0 atom stereocenters. The smallest absolute Gasteiger partial charge is 0.262 e. The quantitative estimate of drug-likeness (QED) is 0.931. The summed E-state index contributed by atoms with van der Waals surface area (Å²) in [5.74, 6) is -0.893. The van der Waals surface area contributed by atoms with Crippen molar-refractivity contribution in [2.75, 3.05) is 11.9 Å². The molecular weight excluding hydrogens is 264 g/mol. The predicted octanol–water partition coefficient (Wildman–Crippen LogP) is 3.29. The van der Waals surface area contributed by atoms with E-state index in [1.807, 2.05) is 0 Å². The minimum atomic E-state index is -0.405. The minimum absolute atomic E-state index is 0.250. The van der Waals surface area contributed by atoms with Gasteiger partial charge in [-0.1, -0.05) is 6.07 Å². The van der Waals surface area contributed by atoms with Gasteiger partial charge in [0.2, 0.25) is 0 Å². The van der Waals surface area contributed by atoms with Gasteiger partial charge in [-0.2, -0.15) is 0 Å². The number of hydrogen-bond acceptors (Lipinski definition) is 2. The number of hydrogen-bond donors (Lipinski definition) is 1. The monoisotopic (exact) mass is 277 g/mol. The van der Waals surface area contributed by atoms with Crippen LogP contribution < -0.4 is 10.1 Å². The molecule has 0 aliphatic heterocycles. The average molecular weight is 277 g/mol. The maximum Gasteiger partial charge on any atom is 0.262 e. The molecule has 2 rings (SSSR count). The first-order valence-electron chi connectivity index (χ1n) is 5.99. The molecule has 2 aromatic rings. The topological polar surface area (TPSA) is 38.3 Å². The normalized spacial score (nSPS) is 10.2. The van der Waals surface area contributed by atoms with Crippen molar-refractivity contribution < 1.29 is 18.3 Å². The lowest BCUT2D eigenvalue weighted by Crippen LogP contribution is -2.20. The number of halogens is 2. The minimum Gasteiger partial charge on any atom is -0.484 e. The summed E-state index contributed by atoms with van der Waals surface area (Å²) >= 11 is 0. The zero-order valence-corrected chi connectivity index (χ0v) is 10.8. The summed E-state index contributed by atoms with van der Waals surface area (Å²) in [4.78, 5) is 11.6. The van der Waals surface area contributed by atoms with Crippen LogP contribution in [-0.4, -0.2) is 12.5 Å². The highest BCUT2D eigenvalue weighted by molar-refractivity contribution is 5.91. The van der Waals surface area contributed by atoms with Crippen LogP contribution in [0.4, 0.5) is 14.5 Å². The van der Waals surface area contributed by atoms with Crippen molar-refractivity contribution in [1.29, 1.82) is 0 Å². The number of anilines is 1. The fourth-order valence-corrected chi connectivity index (χ4v) is 1.54. The molecular formula is C15H13F2NO2. The third kappa shape index (κ3) is 3.78.